The number of nitrogens with two attached hydrogens (primary N) is 1. The number of nitrogens with one attached hydrogen (secondary N) is 8. The maximum Gasteiger partial charge on any atom is 0.330 e. The lowest BCUT2D eigenvalue weighted by molar-refractivity contribution is -0.284. The van der Waals surface area contributed by atoms with Crippen LogP contribution in [0.3, 0.4) is 0 Å². The van der Waals surface area contributed by atoms with E-state index in [1.165, 1.54) is 48.5 Å². The minimum absolute atomic E-state index is 0.0337. The van der Waals surface area contributed by atoms with E-state index in [1.54, 1.807) is 22.6 Å². The second-order valence-corrected chi connectivity index (χ2v) is 37.8. The highest BCUT2D eigenvalue weighted by Gasteiger charge is 2.53. The van der Waals surface area contributed by atoms with Gasteiger partial charge in [-0.2, -0.15) is 0 Å². The number of carboxylic acids is 1. The maximum absolute atomic E-state index is 17.2. The summed E-state index contributed by atoms with van der Waals surface area (Å²) in [6, 6.07) is 2.40. The predicted molar refractivity (Wildman–Crippen MR) is 501 cm³/mol. The number of phenolic OH excluding ortho intramolecular Hbond substituents is 3. The number of unbranched alkanes of at least 4 members (excludes halogenated alkanes) is 7. The summed E-state index contributed by atoms with van der Waals surface area (Å²) in [6.07, 6.45) is -22.0. The molecule has 17 bridgehead atoms. The number of benzene rings is 7. The molecule has 0 aromatic heterocycles. The number of halogens is 3. The molecule has 23 atom stereocenters. The summed E-state index contributed by atoms with van der Waals surface area (Å²) >= 11 is 16.7. The van der Waals surface area contributed by atoms with Gasteiger partial charge in [-0.05, 0) is 159 Å². The first-order valence-electron chi connectivity index (χ1n) is 45.9. The monoisotopic (exact) mass is 2110 g/mol. The van der Waals surface area contributed by atoms with Crippen LogP contribution in [-0.2, 0) is 78.1 Å². The van der Waals surface area contributed by atoms with Gasteiger partial charge in [0.25, 0.3) is 0 Å². The number of carboxylic acid groups (broad SMARTS) is 1. The lowest BCUT2D eigenvalue weighted by Crippen LogP contribution is -2.65. The predicted octanol–water partition coefficient (Wildman–Crippen LogP) is 4.83. The smallest absolute Gasteiger partial charge is 0.330 e. The number of amides is 8. The van der Waals surface area contributed by atoms with Crippen LogP contribution in [0, 0.1) is 9.49 Å². The fourth-order valence-corrected chi connectivity index (χ4v) is 18.6. The standard InChI is InChI=1S/C96H110Cl2IN9O33/c1-5-6-7-8-13-16-68(116)132-39-66-80(119)82(121)76(103-67(115)15-12-10-9-11-14-40(2)3)95(139-66)141-86-62-32-47-33-63(86)135-59-24-20-45(30-54(59)98)85(140-94-75(101-41(4)111)81(120)78(117)64(37-109)137-94)77-92(129)107-74(93(130)131)52-35-49(113)36-61(136-96-84(123)83(122)79(118)65(38-110)138-96)69(52)51-29-44(18-21-55(51)99)71(89(126)108-77)105-91(128)73(47)106-90(127)72-46-27-48(112)34-50(28-46)133-60-31-43(19-22-57(60)114)70(100)88(125)102-56(87(124)104-72)26-42-17-23-58(134-62)53(97)25-42/h17-25,27-36,40,56,64-66,70-85,94-96,109-110,112-114,117-123H,5-16,26,37-39,100H2,1-4H3,(H,101,111)(H,102,125)(H,103,115)(H,104,124)(H,105,128)(H,106,127)(H,107,129)(H,108,126)(H,130,131)/t56-,64?,65?,66?,70-,71-,72+,73-,74+,75+,76?,77+,78-,79-,80-,81?,82-,83-,84?,85-,94+,95+,96+/m1/s1. The Bertz CT molecular complexity index is 5830. The van der Waals surface area contributed by atoms with E-state index < -0.39 is 294 Å². The molecule has 758 valence electrons. The topological polar surface area (TPSA) is 648 Å². The largest absolute Gasteiger partial charge is 0.508 e. The first-order chi connectivity index (χ1) is 67.3. The third kappa shape index (κ3) is 24.5. The zero-order valence-electron chi connectivity index (χ0n) is 76.3. The van der Waals surface area contributed by atoms with Gasteiger partial charge in [-0.1, -0.05) is 120 Å². The first-order valence-corrected chi connectivity index (χ1v) is 47.7. The average molecular weight is 2120 g/mol. The molecule has 0 radical (unpaired) electrons. The molecule has 6 unspecified atom stereocenters. The van der Waals surface area contributed by atoms with E-state index in [-0.39, 0.29) is 72.1 Å². The number of phenols is 3. The van der Waals surface area contributed by atoms with Crippen molar-refractivity contribution in [2.45, 2.75) is 252 Å². The molecule has 0 saturated carbocycles. The minimum Gasteiger partial charge on any atom is -0.508 e. The Balaban J connectivity index is 1.03. The van der Waals surface area contributed by atoms with Gasteiger partial charge in [-0.25, -0.2) is 4.79 Å². The number of aliphatic carboxylic acids is 1. The lowest BCUT2D eigenvalue weighted by atomic mass is 9.90. The summed E-state index contributed by atoms with van der Waals surface area (Å²) in [5.41, 5.74) is 3.89. The summed E-state index contributed by atoms with van der Waals surface area (Å²) in [6.45, 7) is 4.34. The normalized spacial score (nSPS) is 27.8. The van der Waals surface area contributed by atoms with Crippen LogP contribution in [0.1, 0.15) is 180 Å². The van der Waals surface area contributed by atoms with E-state index in [2.05, 4.69) is 56.4 Å². The highest BCUT2D eigenvalue weighted by Crippen LogP contribution is 2.51. The van der Waals surface area contributed by atoms with Crippen LogP contribution in [0.5, 0.6) is 63.2 Å². The number of fused-ring (bicyclic) bond motifs is 14. The number of carbonyl (C=O) groups excluding carboxylic acids is 9. The van der Waals surface area contributed by atoms with E-state index in [1.807, 2.05) is 6.92 Å². The quantitative estimate of drug-likeness (QED) is 0.0196. The Kier molecular flexibility index (Phi) is 34.5. The zero-order valence-corrected chi connectivity index (χ0v) is 80.0. The fourth-order valence-electron chi connectivity index (χ4n) is 17.6. The molecule has 3 saturated heterocycles. The number of esters is 1. The van der Waals surface area contributed by atoms with Gasteiger partial charge in [-0.15, -0.1) is 0 Å². The number of aromatic hydroxyl groups is 3. The number of rotatable bonds is 26. The number of aliphatic hydroxyl groups excluding tert-OH is 9. The second kappa shape index (κ2) is 46.2. The molecular weight excluding hydrogens is 2000 g/mol. The van der Waals surface area contributed by atoms with Crippen molar-refractivity contribution in [3.05, 3.63) is 168 Å². The van der Waals surface area contributed by atoms with Gasteiger partial charge < -0.3 is 162 Å². The van der Waals surface area contributed by atoms with Gasteiger partial charge in [0.1, 0.15) is 157 Å². The third-order valence-electron chi connectivity index (χ3n) is 25.1. The molecule has 7 aromatic rings. The summed E-state index contributed by atoms with van der Waals surface area (Å²) in [4.78, 5) is 153. The molecule has 42 nitrogen and oxygen atoms in total. The maximum atomic E-state index is 17.2. The molecule has 141 heavy (non-hydrogen) atoms. The first kappa shape index (κ1) is 105. The van der Waals surface area contributed by atoms with Crippen molar-refractivity contribution in [1.82, 2.24) is 42.5 Å². The van der Waals surface area contributed by atoms with Gasteiger partial charge >= 0.3 is 11.9 Å². The summed E-state index contributed by atoms with van der Waals surface area (Å²) in [5, 5.41) is 170. The van der Waals surface area contributed by atoms with Crippen molar-refractivity contribution in [3.8, 4) is 74.4 Å². The number of hydrogen-bond acceptors (Lipinski definition) is 33. The van der Waals surface area contributed by atoms with E-state index in [9.17, 15) is 90.4 Å². The number of aliphatic hydroxyl groups is 9. The van der Waals surface area contributed by atoms with E-state index in [0.717, 1.165) is 112 Å². The van der Waals surface area contributed by atoms with Crippen molar-refractivity contribution in [3.63, 3.8) is 0 Å². The molecule has 3 fully saturated rings. The van der Waals surface area contributed by atoms with Gasteiger partial charge in [0.2, 0.25) is 65.6 Å². The molecule has 9 aliphatic heterocycles. The third-order valence-corrected chi connectivity index (χ3v) is 26.6. The Hall–Kier alpha value is -11.6. The van der Waals surface area contributed by atoms with Crippen molar-refractivity contribution in [1.29, 1.82) is 0 Å². The molecule has 45 heteroatoms. The Morgan fingerprint density at radius 1 is 0.525 bits per heavy atom. The van der Waals surface area contributed by atoms with Gasteiger partial charge in [0.05, 0.1) is 23.3 Å². The van der Waals surface area contributed by atoms with Crippen LogP contribution < -0.4 is 72.0 Å². The van der Waals surface area contributed by atoms with E-state index >= 15 is 24.0 Å². The summed E-state index contributed by atoms with van der Waals surface area (Å²) in [5.74, 6) is -18.3. The zero-order chi connectivity index (χ0) is 101. The van der Waals surface area contributed by atoms with E-state index in [0.29, 0.717) is 31.6 Å². The van der Waals surface area contributed by atoms with Crippen LogP contribution in [0.15, 0.2) is 115 Å². The highest BCUT2D eigenvalue weighted by atomic mass is 127. The second-order valence-electron chi connectivity index (χ2n) is 35.8. The number of ether oxygens (including phenoxy) is 10. The van der Waals surface area contributed by atoms with Crippen molar-refractivity contribution in [2.24, 2.45) is 11.7 Å². The van der Waals surface area contributed by atoms with Crippen LogP contribution in [0.2, 0.25) is 10.0 Å². The van der Waals surface area contributed by atoms with E-state index in [4.69, 9.17) is 76.3 Å². The number of hydrogen-bond donors (Lipinski definition) is 22. The molecule has 8 amide bonds. The van der Waals surface area contributed by atoms with Gasteiger partial charge in [-0.3, -0.25) is 43.2 Å². The molecule has 0 aliphatic carbocycles. The minimum atomic E-state index is -2.56. The molecule has 9 aliphatic rings. The van der Waals surface area contributed by atoms with Gasteiger partial charge in [0.15, 0.2) is 35.3 Å². The molecule has 7 aromatic carbocycles. The molecule has 16 rings (SSSR count). The molecular formula is C96H110Cl2IN9O33. The Morgan fingerprint density at radius 3 is 1.75 bits per heavy atom. The van der Waals surface area contributed by atoms with Gasteiger partial charge in [0, 0.05) is 53.0 Å². The van der Waals surface area contributed by atoms with Crippen LogP contribution in [0.25, 0.3) is 11.1 Å². The van der Waals surface area contributed by atoms with Crippen LogP contribution >= 0.6 is 45.8 Å². The SMILES string of the molecule is CCCCCCCC(=O)OCC1O[C@@H](Oc2c3cc4cc2Oc2ccc(cc2Cl)[C@@H](O[C@@H]2OC(CO)[C@@H](O)C(O)[C@@H]2NC(C)=O)[C@@H]2NC(=O)[C@H](NC(=O)[C@@H]4NC(=O)[C@H]4NC(=O)[C@@H](Cc5ccc(c(Cl)c5)O3)NC(=O)[C@H](N)c3ccc(O)c(c3)Oc3cc(O)cc4c3)c3ccc(I)c(c3)-c3c(O[C@H]4OC(CO)[C@@H](O)[C@@H](O)C4O)cc(O)cc3[C@@H](C(=O)O)NC2=O)C(NC(=O)CCCCCCC(C)C)[C@@H](O)[C@@H]1O. The number of carbonyl (C=O) groups is 10. The van der Waals surface area contributed by atoms with Crippen molar-refractivity contribution in [2.75, 3.05) is 19.8 Å². The summed E-state index contributed by atoms with van der Waals surface area (Å²) in [7, 11) is 0. The summed E-state index contributed by atoms with van der Waals surface area (Å²) < 4.78 is 64.4. The molecule has 23 N–H and O–H groups in total. The Morgan fingerprint density at radius 2 is 1.10 bits per heavy atom. The molecule has 9 heterocycles. The average Bonchev–Trinajstić information content (AvgIpc) is 0.755. The molecule has 0 spiro atoms. The van der Waals surface area contributed by atoms with Crippen LogP contribution in [-0.4, -0.2) is 249 Å². The highest BCUT2D eigenvalue weighted by molar-refractivity contribution is 14.1. The van der Waals surface area contributed by atoms with Crippen LogP contribution in [0.4, 0.5) is 0 Å². The fraction of sp³-hybridized carbons (Fsp3) is 0.458. The van der Waals surface area contributed by atoms with Crippen molar-refractivity contribution < 1.29 is 162 Å². The Labute approximate surface area is 829 Å². The lowest BCUT2D eigenvalue weighted by Gasteiger charge is -2.44. The van der Waals surface area contributed by atoms with Crippen molar-refractivity contribution >= 4 is 105 Å².